The summed E-state index contributed by atoms with van der Waals surface area (Å²) in [6.45, 7) is 0.746. The minimum atomic E-state index is 0.0107. The van der Waals surface area contributed by atoms with Crippen LogP contribution in [0.5, 0.6) is 11.5 Å². The lowest BCUT2D eigenvalue weighted by Gasteiger charge is -2.14. The number of amides is 1. The zero-order chi connectivity index (χ0) is 14.4. The Morgan fingerprint density at radius 3 is 2.53 bits per heavy atom. The summed E-state index contributed by atoms with van der Waals surface area (Å²) in [6, 6.07) is 3.63. The quantitative estimate of drug-likeness (QED) is 0.862. The Kier molecular flexibility index (Phi) is 5.92. The first-order chi connectivity index (χ1) is 9.01. The maximum Gasteiger partial charge on any atom is 0.236 e. The maximum absolute atomic E-state index is 11.4. The third-order valence-corrected chi connectivity index (χ3v) is 3.07. The molecular weight excluding hydrogens is 268 g/mol. The summed E-state index contributed by atoms with van der Waals surface area (Å²) in [5.74, 6) is 1.10. The second kappa shape index (κ2) is 7.21. The standard InChI is InChI=1S/C13H19ClN2O3/c1-16(2)11(17)8-15-7-9-5-6-10(18-3)13(19-4)12(9)14/h5-6,15H,7-8H2,1-4H3. The van der Waals surface area contributed by atoms with Crippen LogP contribution in [0.4, 0.5) is 0 Å². The zero-order valence-corrected chi connectivity index (χ0v) is 12.4. The van der Waals surface area contributed by atoms with E-state index in [1.54, 1.807) is 27.3 Å². The van der Waals surface area contributed by atoms with E-state index in [2.05, 4.69) is 5.32 Å². The van der Waals surface area contributed by atoms with Crippen molar-refractivity contribution in [3.63, 3.8) is 0 Å². The Morgan fingerprint density at radius 2 is 2.00 bits per heavy atom. The summed E-state index contributed by atoms with van der Waals surface area (Å²) in [6.07, 6.45) is 0. The van der Waals surface area contributed by atoms with E-state index in [1.165, 1.54) is 12.0 Å². The van der Waals surface area contributed by atoms with Gasteiger partial charge in [-0.25, -0.2) is 0 Å². The fraction of sp³-hybridized carbons (Fsp3) is 0.462. The molecule has 0 unspecified atom stereocenters. The molecule has 0 bridgehead atoms. The third kappa shape index (κ3) is 4.01. The summed E-state index contributed by atoms with van der Waals surface area (Å²) in [4.78, 5) is 13.0. The van der Waals surface area contributed by atoms with Crippen LogP contribution in [0.2, 0.25) is 5.02 Å². The Labute approximate surface area is 118 Å². The summed E-state index contributed by atoms with van der Waals surface area (Å²) in [5.41, 5.74) is 0.853. The molecule has 0 atom stereocenters. The van der Waals surface area contributed by atoms with E-state index in [9.17, 15) is 4.79 Å². The van der Waals surface area contributed by atoms with E-state index < -0.39 is 0 Å². The average molecular weight is 287 g/mol. The molecule has 0 radical (unpaired) electrons. The highest BCUT2D eigenvalue weighted by Gasteiger charge is 2.13. The molecular formula is C13H19ClN2O3. The summed E-state index contributed by atoms with van der Waals surface area (Å²) < 4.78 is 10.4. The van der Waals surface area contributed by atoms with Gasteiger partial charge < -0.3 is 19.7 Å². The number of carbonyl (C=O) groups excluding carboxylic acids is 1. The second-order valence-corrected chi connectivity index (χ2v) is 4.54. The summed E-state index contributed by atoms with van der Waals surface area (Å²) >= 11 is 6.23. The highest BCUT2D eigenvalue weighted by molar-refractivity contribution is 6.33. The number of nitrogens with zero attached hydrogens (tertiary/aromatic N) is 1. The third-order valence-electron chi connectivity index (χ3n) is 2.66. The number of carbonyl (C=O) groups is 1. The molecule has 1 rings (SSSR count). The van der Waals surface area contributed by atoms with Gasteiger partial charge in [0.05, 0.1) is 25.8 Å². The second-order valence-electron chi connectivity index (χ2n) is 4.17. The molecule has 0 aliphatic heterocycles. The van der Waals surface area contributed by atoms with E-state index in [-0.39, 0.29) is 12.5 Å². The first-order valence-corrected chi connectivity index (χ1v) is 6.19. The lowest BCUT2D eigenvalue weighted by Crippen LogP contribution is -2.32. The van der Waals surface area contributed by atoms with E-state index in [0.717, 1.165) is 5.56 Å². The van der Waals surface area contributed by atoms with Crippen molar-refractivity contribution in [3.8, 4) is 11.5 Å². The van der Waals surface area contributed by atoms with Crippen molar-refractivity contribution in [1.82, 2.24) is 10.2 Å². The molecule has 0 aliphatic carbocycles. The van der Waals surface area contributed by atoms with Crippen LogP contribution in [0, 0.1) is 0 Å². The van der Waals surface area contributed by atoms with Crippen LogP contribution in [-0.2, 0) is 11.3 Å². The SMILES string of the molecule is COc1ccc(CNCC(=O)N(C)C)c(Cl)c1OC. The molecule has 0 fully saturated rings. The molecule has 5 nitrogen and oxygen atoms in total. The fourth-order valence-electron chi connectivity index (χ4n) is 1.53. The van der Waals surface area contributed by atoms with Crippen LogP contribution in [0.1, 0.15) is 5.56 Å². The Bertz CT molecular complexity index is 450. The highest BCUT2D eigenvalue weighted by atomic mass is 35.5. The topological polar surface area (TPSA) is 50.8 Å². The predicted octanol–water partition coefficient (Wildman–Crippen LogP) is 1.53. The molecule has 1 aromatic carbocycles. The van der Waals surface area contributed by atoms with E-state index in [4.69, 9.17) is 21.1 Å². The van der Waals surface area contributed by atoms with Crippen molar-refractivity contribution in [1.29, 1.82) is 0 Å². The van der Waals surface area contributed by atoms with Gasteiger partial charge in [0.15, 0.2) is 11.5 Å². The maximum atomic E-state index is 11.4. The minimum absolute atomic E-state index is 0.0107. The molecule has 0 saturated heterocycles. The van der Waals surface area contributed by atoms with Crippen LogP contribution in [-0.4, -0.2) is 45.7 Å². The highest BCUT2D eigenvalue weighted by Crippen LogP contribution is 2.37. The molecule has 0 spiro atoms. The molecule has 0 heterocycles. The van der Waals surface area contributed by atoms with Gasteiger partial charge in [-0.1, -0.05) is 17.7 Å². The first-order valence-electron chi connectivity index (χ1n) is 5.81. The fourth-order valence-corrected chi connectivity index (χ4v) is 1.83. The summed E-state index contributed by atoms with van der Waals surface area (Å²) in [7, 11) is 6.53. The predicted molar refractivity (Wildman–Crippen MR) is 75.0 cm³/mol. The number of hydrogen-bond donors (Lipinski definition) is 1. The largest absolute Gasteiger partial charge is 0.493 e. The molecule has 0 aliphatic rings. The molecule has 1 N–H and O–H groups in total. The van der Waals surface area contributed by atoms with Gasteiger partial charge in [0.25, 0.3) is 0 Å². The molecule has 0 aromatic heterocycles. The zero-order valence-electron chi connectivity index (χ0n) is 11.6. The van der Waals surface area contributed by atoms with Crippen molar-refractivity contribution in [3.05, 3.63) is 22.7 Å². The molecule has 6 heteroatoms. The van der Waals surface area contributed by atoms with Gasteiger partial charge in [0.2, 0.25) is 5.91 Å². The monoisotopic (exact) mass is 286 g/mol. The van der Waals surface area contributed by atoms with Gasteiger partial charge in [-0.3, -0.25) is 4.79 Å². The number of benzene rings is 1. The first kappa shape index (κ1) is 15.6. The van der Waals surface area contributed by atoms with Crippen LogP contribution in [0.3, 0.4) is 0 Å². The molecule has 1 amide bonds. The Hall–Kier alpha value is -1.46. The minimum Gasteiger partial charge on any atom is -0.493 e. The number of likely N-dealkylation sites (N-methyl/N-ethyl adjacent to an activating group) is 1. The van der Waals surface area contributed by atoms with Crippen LogP contribution in [0.15, 0.2) is 12.1 Å². The van der Waals surface area contributed by atoms with Gasteiger partial charge in [-0.2, -0.15) is 0 Å². The Balaban J connectivity index is 2.72. The van der Waals surface area contributed by atoms with Crippen molar-refractivity contribution in [2.75, 3.05) is 34.9 Å². The van der Waals surface area contributed by atoms with Gasteiger partial charge in [0.1, 0.15) is 0 Å². The van der Waals surface area contributed by atoms with Crippen LogP contribution in [0.25, 0.3) is 0 Å². The van der Waals surface area contributed by atoms with Gasteiger partial charge in [0, 0.05) is 20.6 Å². The van der Waals surface area contributed by atoms with Crippen molar-refractivity contribution < 1.29 is 14.3 Å². The van der Waals surface area contributed by atoms with Crippen molar-refractivity contribution in [2.24, 2.45) is 0 Å². The summed E-state index contributed by atoms with van der Waals surface area (Å²) in [5, 5.41) is 3.53. The van der Waals surface area contributed by atoms with E-state index in [1.807, 2.05) is 6.07 Å². The van der Waals surface area contributed by atoms with Gasteiger partial charge in [-0.05, 0) is 11.6 Å². The van der Waals surface area contributed by atoms with Gasteiger partial charge in [-0.15, -0.1) is 0 Å². The molecule has 106 valence electrons. The van der Waals surface area contributed by atoms with Crippen LogP contribution < -0.4 is 14.8 Å². The normalized spacial score (nSPS) is 10.2. The van der Waals surface area contributed by atoms with Crippen molar-refractivity contribution >= 4 is 17.5 Å². The number of halogens is 1. The lowest BCUT2D eigenvalue weighted by atomic mass is 10.2. The molecule has 0 saturated carbocycles. The van der Waals surface area contributed by atoms with Gasteiger partial charge >= 0.3 is 0 Å². The number of hydrogen-bond acceptors (Lipinski definition) is 4. The number of nitrogens with one attached hydrogen (secondary N) is 1. The van der Waals surface area contributed by atoms with Crippen LogP contribution >= 0.6 is 11.6 Å². The Morgan fingerprint density at radius 1 is 1.32 bits per heavy atom. The number of ether oxygens (including phenoxy) is 2. The number of methoxy groups -OCH3 is 2. The number of rotatable bonds is 6. The van der Waals surface area contributed by atoms with Crippen molar-refractivity contribution in [2.45, 2.75) is 6.54 Å². The lowest BCUT2D eigenvalue weighted by molar-refractivity contribution is -0.127. The smallest absolute Gasteiger partial charge is 0.236 e. The van der Waals surface area contributed by atoms with E-state index in [0.29, 0.717) is 23.1 Å². The molecule has 19 heavy (non-hydrogen) atoms. The molecule has 1 aromatic rings. The average Bonchev–Trinajstić information content (AvgIpc) is 2.39. The van der Waals surface area contributed by atoms with E-state index >= 15 is 0 Å².